The van der Waals surface area contributed by atoms with Gasteiger partial charge in [-0.1, -0.05) is 41.6 Å². The van der Waals surface area contributed by atoms with E-state index >= 15 is 0 Å². The molecule has 3 nitrogen and oxygen atoms in total. The highest BCUT2D eigenvalue weighted by Gasteiger charge is 2.11. The van der Waals surface area contributed by atoms with Crippen LogP contribution in [0.3, 0.4) is 0 Å². The van der Waals surface area contributed by atoms with Gasteiger partial charge in [0.05, 0.1) is 0 Å². The minimum Gasteiger partial charge on any atom is -0.351 e. The molecule has 1 aliphatic rings. The fourth-order valence-electron chi connectivity index (χ4n) is 2.91. The van der Waals surface area contributed by atoms with E-state index in [1.165, 1.54) is 38.5 Å². The van der Waals surface area contributed by atoms with Gasteiger partial charge in [0.15, 0.2) is 0 Å². The lowest BCUT2D eigenvalue weighted by Gasteiger charge is -2.16. The number of benzene rings is 1. The monoisotopic (exact) mass is 352 g/mol. The predicted octanol–water partition coefficient (Wildman–Crippen LogP) is 3.80. The zero-order chi connectivity index (χ0) is 15.1. The van der Waals surface area contributed by atoms with Crippen molar-refractivity contribution in [3.8, 4) is 0 Å². The molecule has 2 N–H and O–H groups in total. The Kier molecular flexibility index (Phi) is 6.71. The zero-order valence-corrected chi connectivity index (χ0v) is 14.3. The van der Waals surface area contributed by atoms with Gasteiger partial charge in [-0.3, -0.25) is 4.79 Å². The van der Waals surface area contributed by atoms with Gasteiger partial charge in [-0.15, -0.1) is 0 Å². The van der Waals surface area contributed by atoms with Crippen LogP contribution in [0.5, 0.6) is 0 Å². The fourth-order valence-corrected chi connectivity index (χ4v) is 3.51. The number of hydrogen-bond acceptors (Lipinski definition) is 2. The lowest BCUT2D eigenvalue weighted by atomic mass is 10.1. The van der Waals surface area contributed by atoms with Crippen molar-refractivity contribution < 1.29 is 4.79 Å². The predicted molar refractivity (Wildman–Crippen MR) is 90.7 cm³/mol. The van der Waals surface area contributed by atoms with Crippen molar-refractivity contribution in [1.82, 2.24) is 10.6 Å². The minimum atomic E-state index is 0.00191. The van der Waals surface area contributed by atoms with Crippen molar-refractivity contribution in [2.24, 2.45) is 0 Å². The highest BCUT2D eigenvalue weighted by Crippen LogP contribution is 2.17. The molecule has 0 atom stereocenters. The molecule has 4 heteroatoms. The van der Waals surface area contributed by atoms with E-state index in [0.717, 1.165) is 22.1 Å². The van der Waals surface area contributed by atoms with Crippen LogP contribution in [0.4, 0.5) is 0 Å². The third kappa shape index (κ3) is 5.79. The molecule has 1 aromatic carbocycles. The first-order valence-corrected chi connectivity index (χ1v) is 8.73. The van der Waals surface area contributed by atoms with Gasteiger partial charge in [0.1, 0.15) is 0 Å². The fraction of sp³-hybridized carbons (Fsp3) is 0.588. The highest BCUT2D eigenvalue weighted by atomic mass is 79.9. The molecular formula is C17H25BrN2O. The van der Waals surface area contributed by atoms with Crippen molar-refractivity contribution in [3.05, 3.63) is 33.8 Å². The third-order valence-electron chi connectivity index (χ3n) is 4.00. The smallest absolute Gasteiger partial charge is 0.251 e. The van der Waals surface area contributed by atoms with Crippen LogP contribution in [-0.4, -0.2) is 25.0 Å². The van der Waals surface area contributed by atoms with E-state index in [-0.39, 0.29) is 5.91 Å². The van der Waals surface area contributed by atoms with Gasteiger partial charge in [-0.05, 0) is 43.5 Å². The Morgan fingerprint density at radius 2 is 1.86 bits per heavy atom. The number of amides is 1. The Balaban J connectivity index is 1.71. The molecule has 0 radical (unpaired) electrons. The van der Waals surface area contributed by atoms with Crippen LogP contribution in [-0.2, 0) is 0 Å². The lowest BCUT2D eigenvalue weighted by molar-refractivity contribution is 0.0953. The molecule has 0 aromatic heterocycles. The van der Waals surface area contributed by atoms with Gasteiger partial charge >= 0.3 is 0 Å². The maximum Gasteiger partial charge on any atom is 0.251 e. The summed E-state index contributed by atoms with van der Waals surface area (Å²) < 4.78 is 0.948. The van der Waals surface area contributed by atoms with Crippen LogP contribution < -0.4 is 10.6 Å². The topological polar surface area (TPSA) is 41.1 Å². The highest BCUT2D eigenvalue weighted by molar-refractivity contribution is 9.10. The van der Waals surface area contributed by atoms with E-state index in [0.29, 0.717) is 12.6 Å². The summed E-state index contributed by atoms with van der Waals surface area (Å²) in [5, 5.41) is 6.55. The van der Waals surface area contributed by atoms with Crippen LogP contribution in [0.2, 0.25) is 0 Å². The molecular weight excluding hydrogens is 328 g/mol. The molecule has 2 rings (SSSR count). The van der Waals surface area contributed by atoms with E-state index in [1.54, 1.807) is 0 Å². The first-order chi connectivity index (χ1) is 10.1. The number of rotatable bonds is 5. The normalized spacial score (nSPS) is 16.5. The van der Waals surface area contributed by atoms with Gasteiger partial charge < -0.3 is 10.6 Å². The number of hydrogen-bond donors (Lipinski definition) is 2. The average molecular weight is 353 g/mol. The summed E-state index contributed by atoms with van der Waals surface area (Å²) >= 11 is 3.43. The number of halogens is 1. The van der Waals surface area contributed by atoms with Crippen molar-refractivity contribution in [2.45, 2.75) is 51.5 Å². The van der Waals surface area contributed by atoms with E-state index in [4.69, 9.17) is 0 Å². The van der Waals surface area contributed by atoms with E-state index in [2.05, 4.69) is 26.6 Å². The molecule has 1 amide bonds. The van der Waals surface area contributed by atoms with Crippen LogP contribution >= 0.6 is 15.9 Å². The zero-order valence-electron chi connectivity index (χ0n) is 12.8. The molecule has 21 heavy (non-hydrogen) atoms. The standard InChI is InChI=1S/C17H25BrN2O/c1-13-10-14(12-15(18)11-13)17(21)20-9-8-19-16-6-4-2-3-5-7-16/h10-12,16,19H,2-9H2,1H3,(H,20,21). The van der Waals surface area contributed by atoms with Gasteiger partial charge in [-0.2, -0.15) is 0 Å². The van der Waals surface area contributed by atoms with Gasteiger partial charge in [-0.25, -0.2) is 0 Å². The summed E-state index contributed by atoms with van der Waals surface area (Å²) in [5.74, 6) is 0.00191. The Morgan fingerprint density at radius 3 is 2.52 bits per heavy atom. The Morgan fingerprint density at radius 1 is 1.14 bits per heavy atom. The summed E-state index contributed by atoms with van der Waals surface area (Å²) in [6.45, 7) is 3.53. The third-order valence-corrected chi connectivity index (χ3v) is 4.46. The second-order valence-corrected chi connectivity index (χ2v) is 6.83. The van der Waals surface area contributed by atoms with Crippen molar-refractivity contribution in [3.63, 3.8) is 0 Å². The van der Waals surface area contributed by atoms with Crippen molar-refractivity contribution in [1.29, 1.82) is 0 Å². The molecule has 1 aromatic rings. The Bertz CT molecular complexity index is 448. The summed E-state index contributed by atoms with van der Waals surface area (Å²) in [5.41, 5.74) is 1.81. The summed E-state index contributed by atoms with van der Waals surface area (Å²) in [6, 6.07) is 6.42. The molecule has 0 saturated heterocycles. The summed E-state index contributed by atoms with van der Waals surface area (Å²) in [7, 11) is 0. The first-order valence-electron chi connectivity index (χ1n) is 7.94. The summed E-state index contributed by atoms with van der Waals surface area (Å²) in [4.78, 5) is 12.1. The molecule has 0 heterocycles. The Hall–Kier alpha value is -0.870. The first kappa shape index (κ1) is 16.5. The van der Waals surface area contributed by atoms with Gasteiger partial charge in [0.25, 0.3) is 5.91 Å². The van der Waals surface area contributed by atoms with E-state index < -0.39 is 0 Å². The van der Waals surface area contributed by atoms with Crippen LogP contribution in [0.15, 0.2) is 22.7 Å². The van der Waals surface area contributed by atoms with E-state index in [9.17, 15) is 4.79 Å². The SMILES string of the molecule is Cc1cc(Br)cc(C(=O)NCCNC2CCCCCC2)c1. The van der Waals surface area contributed by atoms with Crippen LogP contribution in [0.25, 0.3) is 0 Å². The number of carbonyl (C=O) groups is 1. The van der Waals surface area contributed by atoms with Crippen LogP contribution in [0.1, 0.15) is 54.4 Å². The molecule has 0 bridgehead atoms. The second-order valence-electron chi connectivity index (χ2n) is 5.92. The molecule has 0 unspecified atom stereocenters. The van der Waals surface area contributed by atoms with Gasteiger partial charge in [0, 0.05) is 29.2 Å². The number of nitrogens with one attached hydrogen (secondary N) is 2. The van der Waals surface area contributed by atoms with Gasteiger partial charge in [0.2, 0.25) is 0 Å². The minimum absolute atomic E-state index is 0.00191. The number of aryl methyl sites for hydroxylation is 1. The van der Waals surface area contributed by atoms with Crippen molar-refractivity contribution in [2.75, 3.05) is 13.1 Å². The van der Waals surface area contributed by atoms with E-state index in [1.807, 2.05) is 25.1 Å². The molecule has 116 valence electrons. The number of carbonyl (C=O) groups excluding carboxylic acids is 1. The molecule has 0 aliphatic heterocycles. The molecule has 1 fully saturated rings. The average Bonchev–Trinajstić information content (AvgIpc) is 2.71. The quantitative estimate of drug-likeness (QED) is 0.625. The van der Waals surface area contributed by atoms with Crippen molar-refractivity contribution >= 4 is 21.8 Å². The maximum atomic E-state index is 12.1. The molecule has 1 aliphatic carbocycles. The molecule has 1 saturated carbocycles. The summed E-state index contributed by atoms with van der Waals surface area (Å²) in [6.07, 6.45) is 7.97. The van der Waals surface area contributed by atoms with Crippen LogP contribution in [0, 0.1) is 6.92 Å². The molecule has 0 spiro atoms. The lowest BCUT2D eigenvalue weighted by Crippen LogP contribution is -2.36. The largest absolute Gasteiger partial charge is 0.351 e. The maximum absolute atomic E-state index is 12.1. The Labute approximate surface area is 136 Å². The second kappa shape index (κ2) is 8.54.